The highest BCUT2D eigenvalue weighted by Gasteiger charge is 2.28. The largest absolute Gasteiger partial charge is 0.346 e. The van der Waals surface area contributed by atoms with Gasteiger partial charge in [-0.25, -0.2) is 18.4 Å². The van der Waals surface area contributed by atoms with E-state index in [0.717, 1.165) is 11.1 Å². The van der Waals surface area contributed by atoms with Gasteiger partial charge in [0.2, 0.25) is 0 Å². The lowest BCUT2D eigenvalue weighted by Crippen LogP contribution is -2.41. The minimum Gasteiger partial charge on any atom is -0.346 e. The Hall–Kier alpha value is -2.87. The summed E-state index contributed by atoms with van der Waals surface area (Å²) in [7, 11) is 0. The standard InChI is InChI=1S/C20H23F2N5O/c1-12(2)27-18-16(9-25-27)15(19(28)24-11-20(21,22)10-23)8-17(26-18)14-7-5-4-6-13(14)3/h4-9,12H,10-11,23H2,1-3H3,(H,24,28). The normalized spacial score (nSPS) is 12.0. The summed E-state index contributed by atoms with van der Waals surface area (Å²) >= 11 is 0. The summed E-state index contributed by atoms with van der Waals surface area (Å²) < 4.78 is 28.7. The van der Waals surface area contributed by atoms with Gasteiger partial charge in [-0.3, -0.25) is 4.79 Å². The number of carbonyl (C=O) groups is 1. The molecule has 3 rings (SSSR count). The molecular weight excluding hydrogens is 364 g/mol. The van der Waals surface area contributed by atoms with Crippen molar-refractivity contribution >= 4 is 16.9 Å². The molecule has 0 atom stereocenters. The van der Waals surface area contributed by atoms with Crippen molar-refractivity contribution in [1.82, 2.24) is 20.1 Å². The van der Waals surface area contributed by atoms with Crippen LogP contribution in [-0.2, 0) is 0 Å². The van der Waals surface area contributed by atoms with Crippen molar-refractivity contribution in [3.05, 3.63) is 47.7 Å². The minimum absolute atomic E-state index is 0.0228. The number of hydrogen-bond acceptors (Lipinski definition) is 4. The molecule has 148 valence electrons. The number of nitrogens with two attached hydrogens (primary N) is 1. The molecule has 2 aromatic heterocycles. The fourth-order valence-corrected chi connectivity index (χ4v) is 2.96. The number of nitrogens with zero attached hydrogens (tertiary/aromatic N) is 3. The van der Waals surface area contributed by atoms with Crippen molar-refractivity contribution in [2.75, 3.05) is 13.1 Å². The van der Waals surface area contributed by atoms with Crippen molar-refractivity contribution in [2.24, 2.45) is 5.73 Å². The third kappa shape index (κ3) is 3.87. The third-order valence-corrected chi connectivity index (χ3v) is 4.53. The molecule has 1 aromatic carbocycles. The Morgan fingerprint density at radius 1 is 1.32 bits per heavy atom. The van der Waals surface area contributed by atoms with Crippen LogP contribution in [0.2, 0.25) is 0 Å². The average molecular weight is 387 g/mol. The molecule has 1 amide bonds. The Labute approximate surface area is 161 Å². The van der Waals surface area contributed by atoms with Crippen LogP contribution in [0.3, 0.4) is 0 Å². The van der Waals surface area contributed by atoms with Crippen molar-refractivity contribution in [2.45, 2.75) is 32.7 Å². The van der Waals surface area contributed by atoms with E-state index in [4.69, 9.17) is 10.7 Å². The highest BCUT2D eigenvalue weighted by molar-refractivity contribution is 6.06. The fraction of sp³-hybridized carbons (Fsp3) is 0.350. The smallest absolute Gasteiger partial charge is 0.277 e. The van der Waals surface area contributed by atoms with E-state index < -0.39 is 24.9 Å². The Balaban J connectivity index is 2.13. The van der Waals surface area contributed by atoms with E-state index in [1.807, 2.05) is 45.0 Å². The number of alkyl halides is 2. The first-order valence-corrected chi connectivity index (χ1v) is 9.04. The molecule has 3 N–H and O–H groups in total. The predicted molar refractivity (Wildman–Crippen MR) is 104 cm³/mol. The second-order valence-corrected chi connectivity index (χ2v) is 7.03. The van der Waals surface area contributed by atoms with E-state index in [9.17, 15) is 13.6 Å². The summed E-state index contributed by atoms with van der Waals surface area (Å²) in [6.45, 7) is 4.19. The first-order valence-electron chi connectivity index (χ1n) is 9.04. The Kier molecular flexibility index (Phi) is 5.42. The van der Waals surface area contributed by atoms with Crippen LogP contribution in [0.5, 0.6) is 0 Å². The van der Waals surface area contributed by atoms with E-state index in [-0.39, 0.29) is 11.6 Å². The molecule has 0 saturated carbocycles. The van der Waals surface area contributed by atoms with Gasteiger partial charge in [0, 0.05) is 11.6 Å². The van der Waals surface area contributed by atoms with Gasteiger partial charge in [0.1, 0.15) is 0 Å². The number of pyridine rings is 1. The lowest BCUT2D eigenvalue weighted by Gasteiger charge is -2.15. The second-order valence-electron chi connectivity index (χ2n) is 7.03. The maximum Gasteiger partial charge on any atom is 0.277 e. The number of aryl methyl sites for hydroxylation is 1. The quantitative estimate of drug-likeness (QED) is 0.679. The number of carbonyl (C=O) groups excluding carboxylic acids is 1. The van der Waals surface area contributed by atoms with Gasteiger partial charge in [-0.05, 0) is 32.4 Å². The first-order chi connectivity index (χ1) is 13.2. The predicted octanol–water partition coefficient (Wildman–Crippen LogP) is 3.31. The van der Waals surface area contributed by atoms with Crippen LogP contribution in [0.25, 0.3) is 22.3 Å². The van der Waals surface area contributed by atoms with Gasteiger partial charge < -0.3 is 11.1 Å². The van der Waals surface area contributed by atoms with Crippen LogP contribution in [0.1, 0.15) is 35.8 Å². The van der Waals surface area contributed by atoms with Gasteiger partial charge in [0.25, 0.3) is 11.8 Å². The second kappa shape index (κ2) is 7.63. The molecule has 0 bridgehead atoms. The van der Waals surface area contributed by atoms with Crippen LogP contribution in [0.15, 0.2) is 36.5 Å². The molecule has 0 aliphatic heterocycles. The number of nitrogens with one attached hydrogen (secondary N) is 1. The van der Waals surface area contributed by atoms with Crippen LogP contribution in [0, 0.1) is 6.92 Å². The summed E-state index contributed by atoms with van der Waals surface area (Å²) in [6, 6.07) is 9.29. The fourth-order valence-electron chi connectivity index (χ4n) is 2.96. The number of amides is 1. The molecule has 28 heavy (non-hydrogen) atoms. The van der Waals surface area contributed by atoms with E-state index in [2.05, 4.69) is 10.4 Å². The summed E-state index contributed by atoms with van der Waals surface area (Å²) in [5.41, 5.74) is 8.28. The highest BCUT2D eigenvalue weighted by atomic mass is 19.3. The van der Waals surface area contributed by atoms with Gasteiger partial charge in [-0.2, -0.15) is 5.10 Å². The van der Waals surface area contributed by atoms with Gasteiger partial charge >= 0.3 is 0 Å². The highest BCUT2D eigenvalue weighted by Crippen LogP contribution is 2.28. The number of aromatic nitrogens is 3. The van der Waals surface area contributed by atoms with Crippen LogP contribution >= 0.6 is 0 Å². The number of fused-ring (bicyclic) bond motifs is 1. The lowest BCUT2D eigenvalue weighted by molar-refractivity contribution is 0.0119. The maximum absolute atomic E-state index is 13.5. The SMILES string of the molecule is Cc1ccccc1-c1cc(C(=O)NCC(F)(F)CN)c2cnn(C(C)C)c2n1. The first kappa shape index (κ1) is 19.9. The van der Waals surface area contributed by atoms with Crippen molar-refractivity contribution in [1.29, 1.82) is 0 Å². The zero-order valence-corrected chi connectivity index (χ0v) is 16.0. The number of hydrogen-bond donors (Lipinski definition) is 2. The van der Waals surface area contributed by atoms with Crippen LogP contribution < -0.4 is 11.1 Å². The molecule has 3 aromatic rings. The maximum atomic E-state index is 13.5. The van der Waals surface area contributed by atoms with E-state index in [1.165, 1.54) is 0 Å². The third-order valence-electron chi connectivity index (χ3n) is 4.53. The molecule has 0 saturated heterocycles. The molecular formula is C20H23F2N5O. The van der Waals surface area contributed by atoms with Gasteiger partial charge in [0.15, 0.2) is 5.65 Å². The van der Waals surface area contributed by atoms with E-state index in [0.29, 0.717) is 16.7 Å². The Bertz CT molecular complexity index is 1010. The van der Waals surface area contributed by atoms with Gasteiger partial charge in [-0.1, -0.05) is 24.3 Å². The van der Waals surface area contributed by atoms with E-state index >= 15 is 0 Å². The van der Waals surface area contributed by atoms with Crippen molar-refractivity contribution in [3.8, 4) is 11.3 Å². The molecule has 0 aliphatic carbocycles. The van der Waals surface area contributed by atoms with Gasteiger partial charge in [-0.15, -0.1) is 0 Å². The molecule has 0 aliphatic rings. The zero-order valence-electron chi connectivity index (χ0n) is 16.0. The summed E-state index contributed by atoms with van der Waals surface area (Å²) in [5, 5.41) is 7.12. The Morgan fingerprint density at radius 2 is 2.04 bits per heavy atom. The lowest BCUT2D eigenvalue weighted by atomic mass is 10.0. The molecule has 8 heteroatoms. The molecule has 6 nitrogen and oxygen atoms in total. The summed E-state index contributed by atoms with van der Waals surface area (Å²) in [5.74, 6) is -3.78. The number of halogens is 2. The Morgan fingerprint density at radius 3 is 2.68 bits per heavy atom. The zero-order chi connectivity index (χ0) is 20.5. The summed E-state index contributed by atoms with van der Waals surface area (Å²) in [4.78, 5) is 17.4. The van der Waals surface area contributed by atoms with Crippen LogP contribution in [-0.4, -0.2) is 39.7 Å². The van der Waals surface area contributed by atoms with Crippen molar-refractivity contribution in [3.63, 3.8) is 0 Å². The number of rotatable bonds is 6. The van der Waals surface area contributed by atoms with Gasteiger partial charge in [0.05, 0.1) is 35.9 Å². The van der Waals surface area contributed by atoms with Crippen molar-refractivity contribution < 1.29 is 13.6 Å². The monoisotopic (exact) mass is 387 g/mol. The van der Waals surface area contributed by atoms with Crippen LogP contribution in [0.4, 0.5) is 8.78 Å². The molecule has 0 unspecified atom stereocenters. The minimum atomic E-state index is -3.16. The summed E-state index contributed by atoms with van der Waals surface area (Å²) in [6.07, 6.45) is 1.54. The molecule has 2 heterocycles. The molecule has 0 spiro atoms. The molecule has 0 fully saturated rings. The average Bonchev–Trinajstić information content (AvgIpc) is 3.10. The number of benzene rings is 1. The van der Waals surface area contributed by atoms with E-state index in [1.54, 1.807) is 16.9 Å². The molecule has 0 radical (unpaired) electrons. The topological polar surface area (TPSA) is 85.8 Å².